The number of ether oxygens (including phenoxy) is 2. The lowest BCUT2D eigenvalue weighted by Crippen LogP contribution is -2.39. The van der Waals surface area contributed by atoms with E-state index in [4.69, 9.17) is 21.1 Å². The highest BCUT2D eigenvalue weighted by Crippen LogP contribution is 2.16. The van der Waals surface area contributed by atoms with Gasteiger partial charge in [-0.2, -0.15) is 0 Å². The van der Waals surface area contributed by atoms with Gasteiger partial charge in [0.2, 0.25) is 0 Å². The van der Waals surface area contributed by atoms with Crippen molar-refractivity contribution in [3.05, 3.63) is 150 Å². The highest BCUT2D eigenvalue weighted by molar-refractivity contribution is 6.28. The molecule has 0 unspecified atom stereocenters. The molecule has 0 amide bonds. The van der Waals surface area contributed by atoms with Gasteiger partial charge in [-0.05, 0) is 181 Å². The Morgan fingerprint density at radius 2 is 0.704 bits per heavy atom. The van der Waals surface area contributed by atoms with Gasteiger partial charge in [0, 0.05) is 107 Å². The minimum absolute atomic E-state index is 0.0342. The molecular formula is C67H92ClN23O7. The minimum atomic E-state index is -0.0342. The molecule has 2 fully saturated rings. The van der Waals surface area contributed by atoms with Crippen LogP contribution in [0.25, 0.3) is 55.2 Å². The number of nitrogens with zero attached hydrogens (tertiary/aromatic N) is 19. The molecule has 5 aromatic carbocycles. The third-order valence-corrected chi connectivity index (χ3v) is 16.1. The monoisotopic (exact) mass is 1370 g/mol. The first-order chi connectivity index (χ1) is 47.4. The number of halogens is 1. The van der Waals surface area contributed by atoms with Crippen LogP contribution in [0, 0.1) is 60.7 Å². The second-order valence-corrected chi connectivity index (χ2v) is 24.1. The Kier molecular flexibility index (Phi) is 28.9. The van der Waals surface area contributed by atoms with Crippen LogP contribution in [0.15, 0.2) is 91.0 Å². The quantitative estimate of drug-likeness (QED) is 0.0340. The molecule has 7 heterocycles. The van der Waals surface area contributed by atoms with E-state index < -0.39 is 0 Å². The Morgan fingerprint density at radius 1 is 0.398 bits per heavy atom. The number of likely N-dealkylation sites (N-methyl/N-ethyl adjacent to an activating group) is 1. The summed E-state index contributed by atoms with van der Waals surface area (Å²) < 4.78 is 10.6. The van der Waals surface area contributed by atoms with Crippen LogP contribution in [0.4, 0.5) is 23.8 Å². The van der Waals surface area contributed by atoms with Crippen molar-refractivity contribution in [1.82, 2.24) is 70.0 Å². The van der Waals surface area contributed by atoms with Crippen LogP contribution in [-0.2, 0) is 9.47 Å². The summed E-state index contributed by atoms with van der Waals surface area (Å²) in [4.78, 5) is 33.9. The summed E-state index contributed by atoms with van der Waals surface area (Å²) in [7, 11) is 0. The van der Waals surface area contributed by atoms with Crippen LogP contribution >= 0.6 is 11.6 Å². The van der Waals surface area contributed by atoms with Gasteiger partial charge in [-0.1, -0.05) is 58.0 Å². The summed E-state index contributed by atoms with van der Waals surface area (Å²) in [5, 5.41) is 90.3. The first-order valence-corrected chi connectivity index (χ1v) is 33.8. The van der Waals surface area contributed by atoms with Gasteiger partial charge in [-0.15, -0.1) is 0 Å². The van der Waals surface area contributed by atoms with Crippen LogP contribution in [0.5, 0.6) is 0 Å². The zero-order chi connectivity index (χ0) is 69.9. The van der Waals surface area contributed by atoms with Crippen molar-refractivity contribution >= 4 is 90.6 Å². The molecule has 10 aromatic rings. The fraction of sp³-hybridized carbons (Fsp3) is 0.478. The number of hydrogen-bond donors (Lipinski definition) is 4. The third-order valence-electron chi connectivity index (χ3n) is 16.0. The van der Waals surface area contributed by atoms with E-state index in [0.29, 0.717) is 110 Å². The second kappa shape index (κ2) is 38.0. The molecule has 31 heteroatoms. The normalized spacial score (nSPS) is 13.3. The average molecular weight is 1370 g/mol. The summed E-state index contributed by atoms with van der Waals surface area (Å²) in [6, 6.07) is 27.4. The standard InChI is InChI=1S/C16H25N5O.C15H21N5O2.C14H19N5O2.C14H21N5O.C8H6ClN3O/c1-4-9-20(10-5-2)11-8-17-16-18-14-12-13(3)6-7-15(14)21(22)19-16;1-12-3-4-14-13(11-12)17-15(18-20(14)21)16-5-2-6-19-7-9-22-10-8-19;1-11-2-3-13-12(10-11)16-14(17-19(13)20)15-4-5-18-6-8-21-9-7-18;1-4-18(5-2)9-8-15-14-16-12-10-11(3)6-7-13(12)19(20)17-14;1-5-2-3-7-6(4-5)10-8(9)11-12(7)13/h6-7,12H,4-5,8-11H2,1-3H3,(H,17,18,19);3-4,11H,2,5-10H2,1H3,(H,16,17,18);2-3,10H,4-9H2,1H3,(H,15,16,17);6-7,10H,4-5,8-9H2,1-3H3,(H,15,16,17);2-4H,1H3. The maximum Gasteiger partial charge on any atom is 0.290 e. The Labute approximate surface area is 575 Å². The molecule has 4 N–H and O–H groups in total. The number of hydrogen-bond acceptors (Lipinski definition) is 25. The van der Waals surface area contributed by atoms with E-state index in [1.54, 1.807) is 36.4 Å². The van der Waals surface area contributed by atoms with Crippen LogP contribution < -0.4 is 45.5 Å². The van der Waals surface area contributed by atoms with E-state index in [-0.39, 0.29) is 5.28 Å². The average Bonchev–Trinajstić information content (AvgIpc) is 0.853. The zero-order valence-corrected chi connectivity index (χ0v) is 58.4. The van der Waals surface area contributed by atoms with Crippen LogP contribution in [0.2, 0.25) is 5.28 Å². The van der Waals surface area contributed by atoms with Crippen molar-refractivity contribution in [2.75, 3.05) is 152 Å². The van der Waals surface area contributed by atoms with E-state index in [1.165, 1.54) is 0 Å². The molecule has 524 valence electrons. The summed E-state index contributed by atoms with van der Waals surface area (Å²) in [5.74, 6) is 1.53. The van der Waals surface area contributed by atoms with Gasteiger partial charge in [0.1, 0.15) is 27.6 Å². The van der Waals surface area contributed by atoms with Crippen LogP contribution in [0.3, 0.4) is 0 Å². The van der Waals surface area contributed by atoms with Crippen molar-refractivity contribution in [2.45, 2.75) is 81.6 Å². The number of aromatic nitrogens is 15. The Bertz CT molecular complexity index is 4160. The lowest BCUT2D eigenvalue weighted by Gasteiger charge is -2.26. The number of aryl methyl sites for hydroxylation is 5. The molecule has 5 aromatic heterocycles. The third kappa shape index (κ3) is 22.9. The van der Waals surface area contributed by atoms with Gasteiger partial charge < -0.3 is 66.6 Å². The van der Waals surface area contributed by atoms with Gasteiger partial charge in [0.25, 0.3) is 56.7 Å². The maximum atomic E-state index is 11.9. The number of nitrogens with one attached hydrogen (secondary N) is 4. The zero-order valence-electron chi connectivity index (χ0n) is 57.7. The van der Waals surface area contributed by atoms with E-state index >= 15 is 0 Å². The van der Waals surface area contributed by atoms with Gasteiger partial charge in [-0.25, -0.2) is 24.9 Å². The molecule has 0 atom stereocenters. The molecule has 0 bridgehead atoms. The highest BCUT2D eigenvalue weighted by atomic mass is 35.5. The van der Waals surface area contributed by atoms with Crippen molar-refractivity contribution in [3.8, 4) is 0 Å². The molecule has 0 radical (unpaired) electrons. The molecule has 2 aliphatic heterocycles. The first-order valence-electron chi connectivity index (χ1n) is 33.5. The number of morpholine rings is 2. The Hall–Kier alpha value is -9.30. The predicted octanol–water partition coefficient (Wildman–Crippen LogP) is 5.68. The highest BCUT2D eigenvalue weighted by Gasteiger charge is 2.18. The van der Waals surface area contributed by atoms with Crippen molar-refractivity contribution in [3.63, 3.8) is 0 Å². The van der Waals surface area contributed by atoms with E-state index in [9.17, 15) is 26.0 Å². The molecule has 0 spiro atoms. The lowest BCUT2D eigenvalue weighted by atomic mass is 10.2. The SMILES string of the molecule is CCCN(CCC)CCNc1nc2cc(C)ccc2[n+]([O-])n1.CCN(CC)CCNc1nc2cc(C)ccc2[n+]([O-])n1.Cc1ccc2c(c1)nc(Cl)n[n+]2[O-].Cc1ccc2c(c1)nc(NCCCN1CCOCC1)n[n+]2[O-].Cc1ccc2c(c1)nc(NCCN1CCOCC1)n[n+]2[O-]. The maximum absolute atomic E-state index is 11.9. The predicted molar refractivity (Wildman–Crippen MR) is 379 cm³/mol. The largest absolute Gasteiger partial charge is 0.594 e. The molecule has 2 aliphatic rings. The van der Waals surface area contributed by atoms with Crippen molar-refractivity contribution < 1.29 is 33.7 Å². The van der Waals surface area contributed by atoms with Crippen molar-refractivity contribution in [2.24, 2.45) is 0 Å². The molecule has 12 rings (SSSR count). The molecule has 0 aliphatic carbocycles. The van der Waals surface area contributed by atoms with Crippen molar-refractivity contribution in [1.29, 1.82) is 0 Å². The molecule has 2 saturated heterocycles. The minimum Gasteiger partial charge on any atom is -0.594 e. The molecular weight excluding hydrogens is 1270 g/mol. The summed E-state index contributed by atoms with van der Waals surface area (Å²) in [5.41, 5.74) is 10.9. The van der Waals surface area contributed by atoms with Crippen LogP contribution in [0.1, 0.15) is 74.8 Å². The van der Waals surface area contributed by atoms with E-state index in [1.807, 2.05) is 89.2 Å². The number of fused-ring (bicyclic) bond motifs is 5. The van der Waals surface area contributed by atoms with Gasteiger partial charge in [0.15, 0.2) is 0 Å². The smallest absolute Gasteiger partial charge is 0.290 e. The molecule has 0 saturated carbocycles. The second-order valence-electron chi connectivity index (χ2n) is 23.8. The van der Waals surface area contributed by atoms with Gasteiger partial charge in [0.05, 0.1) is 46.8 Å². The van der Waals surface area contributed by atoms with Gasteiger partial charge >= 0.3 is 0 Å². The first kappa shape index (κ1) is 74.5. The number of rotatable bonds is 23. The molecule has 98 heavy (non-hydrogen) atoms. The van der Waals surface area contributed by atoms with Gasteiger partial charge in [-0.3, -0.25) is 9.80 Å². The summed E-state index contributed by atoms with van der Waals surface area (Å²) >= 11 is 5.53. The number of benzene rings is 5. The van der Waals surface area contributed by atoms with Crippen LogP contribution in [-0.4, -0.2) is 201 Å². The Morgan fingerprint density at radius 3 is 1.05 bits per heavy atom. The van der Waals surface area contributed by atoms with E-state index in [0.717, 1.165) is 172 Å². The lowest BCUT2D eigenvalue weighted by molar-refractivity contribution is -0.643. The Balaban J connectivity index is 0.000000158. The van der Waals surface area contributed by atoms with E-state index in [2.05, 4.69) is 119 Å². The number of anilines is 4. The topological polar surface area (TPSA) is 343 Å². The summed E-state index contributed by atoms with van der Waals surface area (Å²) in [6.07, 6.45) is 3.27. The fourth-order valence-corrected chi connectivity index (χ4v) is 10.9. The summed E-state index contributed by atoms with van der Waals surface area (Å²) in [6.45, 7) is 36.4. The fourth-order valence-electron chi connectivity index (χ4n) is 10.7. The molecule has 30 nitrogen and oxygen atoms in total.